The van der Waals surface area contributed by atoms with Gasteiger partial charge in [-0.25, -0.2) is 4.79 Å². The van der Waals surface area contributed by atoms with Crippen LogP contribution in [0.5, 0.6) is 5.75 Å². The minimum Gasteiger partial charge on any atom is -0.423 e. The fraction of sp³-hybridized carbons (Fsp3) is 0.133. The smallest absolute Gasteiger partial charge is 0.343 e. The molecule has 0 saturated heterocycles. The van der Waals surface area contributed by atoms with Gasteiger partial charge in [0.25, 0.3) is 0 Å². The predicted octanol–water partition coefficient (Wildman–Crippen LogP) is 3.21. The van der Waals surface area contributed by atoms with E-state index in [4.69, 9.17) is 15.4 Å². The molecule has 21 heavy (non-hydrogen) atoms. The van der Waals surface area contributed by atoms with E-state index in [-0.39, 0.29) is 13.2 Å². The Hall–Kier alpha value is -2.82. The van der Waals surface area contributed by atoms with Crippen molar-refractivity contribution in [2.75, 3.05) is 0 Å². The molecule has 0 aliphatic carbocycles. The molecule has 2 aromatic rings. The van der Waals surface area contributed by atoms with Crippen LogP contribution >= 0.6 is 0 Å². The van der Waals surface area contributed by atoms with Gasteiger partial charge in [-0.15, -0.1) is 0 Å². The Morgan fingerprint density at radius 1 is 1.19 bits per heavy atom. The van der Waals surface area contributed by atoms with Gasteiger partial charge in [-0.2, -0.15) is 0 Å². The van der Waals surface area contributed by atoms with E-state index in [1.165, 1.54) is 0 Å². The van der Waals surface area contributed by atoms with E-state index in [1.807, 2.05) is 0 Å². The van der Waals surface area contributed by atoms with E-state index in [2.05, 4.69) is 10.0 Å². The molecular formula is C15H13N3O3. The maximum atomic E-state index is 12.1. The second kappa shape index (κ2) is 7.09. The quantitative estimate of drug-likeness (QED) is 0.300. The van der Waals surface area contributed by atoms with Crippen LogP contribution in [0.4, 0.5) is 0 Å². The molecule has 0 spiro atoms. The van der Waals surface area contributed by atoms with Crippen molar-refractivity contribution in [3.8, 4) is 5.75 Å². The lowest BCUT2D eigenvalue weighted by atomic mass is 10.1. The largest absolute Gasteiger partial charge is 0.423 e. The minimum atomic E-state index is -0.518. The number of benzene rings is 2. The molecular weight excluding hydrogens is 270 g/mol. The van der Waals surface area contributed by atoms with E-state index in [1.54, 1.807) is 48.5 Å². The highest BCUT2D eigenvalue weighted by molar-refractivity contribution is 5.92. The summed E-state index contributed by atoms with van der Waals surface area (Å²) in [6.45, 7) is 0.0223. The summed E-state index contributed by atoms with van der Waals surface area (Å²) < 4.78 is 5.27. The van der Waals surface area contributed by atoms with Crippen LogP contribution in [0.25, 0.3) is 10.4 Å². The third-order valence-electron chi connectivity index (χ3n) is 2.86. The maximum absolute atomic E-state index is 12.1. The van der Waals surface area contributed by atoms with Crippen LogP contribution < -0.4 is 4.74 Å². The molecule has 0 heterocycles. The van der Waals surface area contributed by atoms with Crippen LogP contribution in [-0.4, -0.2) is 11.1 Å². The molecule has 0 bridgehead atoms. The standard InChI is InChI=1S/C15H13N3O3/c16-18-17-9-12-3-1-2-4-14(12)15(20)21-13-7-5-11(10-19)6-8-13/h1-8,19H,9-10H2. The Bertz CT molecular complexity index is 677. The van der Waals surface area contributed by atoms with Crippen molar-refractivity contribution < 1.29 is 14.6 Å². The number of ether oxygens (including phenoxy) is 1. The van der Waals surface area contributed by atoms with Crippen LogP contribution in [0.15, 0.2) is 53.6 Å². The molecule has 0 aliphatic rings. The first-order chi connectivity index (χ1) is 10.2. The molecule has 2 rings (SSSR count). The van der Waals surface area contributed by atoms with Gasteiger partial charge in [-0.1, -0.05) is 35.4 Å². The summed E-state index contributed by atoms with van der Waals surface area (Å²) in [5.41, 5.74) is 10.1. The third-order valence-corrected chi connectivity index (χ3v) is 2.86. The molecule has 6 heteroatoms. The van der Waals surface area contributed by atoms with E-state index in [0.29, 0.717) is 16.9 Å². The number of carbonyl (C=O) groups is 1. The zero-order valence-corrected chi connectivity index (χ0v) is 11.1. The summed E-state index contributed by atoms with van der Waals surface area (Å²) >= 11 is 0. The number of hydrogen-bond acceptors (Lipinski definition) is 4. The van der Waals surface area contributed by atoms with Gasteiger partial charge in [0.05, 0.1) is 18.7 Å². The van der Waals surface area contributed by atoms with Crippen molar-refractivity contribution in [3.05, 3.63) is 75.7 Å². The Morgan fingerprint density at radius 2 is 1.90 bits per heavy atom. The normalized spacial score (nSPS) is 9.76. The van der Waals surface area contributed by atoms with Gasteiger partial charge in [0.1, 0.15) is 5.75 Å². The molecule has 0 saturated carbocycles. The number of nitrogens with zero attached hydrogens (tertiary/aromatic N) is 3. The molecule has 6 nitrogen and oxygen atoms in total. The lowest BCUT2D eigenvalue weighted by Crippen LogP contribution is -2.11. The van der Waals surface area contributed by atoms with Gasteiger partial charge in [-0.3, -0.25) is 0 Å². The summed E-state index contributed by atoms with van der Waals surface area (Å²) in [5, 5.41) is 12.4. The molecule has 2 aromatic carbocycles. The SMILES string of the molecule is [N-]=[N+]=NCc1ccccc1C(=O)Oc1ccc(CO)cc1. The summed E-state index contributed by atoms with van der Waals surface area (Å²) in [6, 6.07) is 13.4. The summed E-state index contributed by atoms with van der Waals surface area (Å²) in [7, 11) is 0. The molecule has 0 aliphatic heterocycles. The summed E-state index contributed by atoms with van der Waals surface area (Å²) in [4.78, 5) is 14.8. The van der Waals surface area contributed by atoms with Gasteiger partial charge < -0.3 is 9.84 Å². The number of azide groups is 1. The topological polar surface area (TPSA) is 95.3 Å². The van der Waals surface area contributed by atoms with E-state index >= 15 is 0 Å². The molecule has 0 amide bonds. The molecule has 0 unspecified atom stereocenters. The fourth-order valence-electron chi connectivity index (χ4n) is 1.79. The fourth-order valence-corrected chi connectivity index (χ4v) is 1.79. The van der Waals surface area contributed by atoms with E-state index < -0.39 is 5.97 Å². The minimum absolute atomic E-state index is 0.0662. The monoisotopic (exact) mass is 283 g/mol. The summed E-state index contributed by atoms with van der Waals surface area (Å²) in [5.74, 6) is -0.133. The van der Waals surface area contributed by atoms with Gasteiger partial charge in [0.2, 0.25) is 0 Å². The Labute approximate surface area is 121 Å². The van der Waals surface area contributed by atoms with Crippen LogP contribution in [0, 0.1) is 0 Å². The van der Waals surface area contributed by atoms with Gasteiger partial charge in [0.15, 0.2) is 0 Å². The number of aliphatic hydroxyl groups is 1. The van der Waals surface area contributed by atoms with Gasteiger partial charge >= 0.3 is 5.97 Å². The van der Waals surface area contributed by atoms with Crippen molar-refractivity contribution in [2.45, 2.75) is 13.2 Å². The van der Waals surface area contributed by atoms with Gasteiger partial charge in [0, 0.05) is 4.91 Å². The van der Waals surface area contributed by atoms with Gasteiger partial charge in [-0.05, 0) is 34.9 Å². The van der Waals surface area contributed by atoms with E-state index in [9.17, 15) is 4.79 Å². The maximum Gasteiger partial charge on any atom is 0.343 e. The van der Waals surface area contributed by atoms with Crippen LogP contribution in [0.3, 0.4) is 0 Å². The average Bonchev–Trinajstić information content (AvgIpc) is 2.54. The molecule has 0 aromatic heterocycles. The first kappa shape index (κ1) is 14.6. The summed E-state index contributed by atoms with van der Waals surface area (Å²) in [6.07, 6.45) is 0. The lowest BCUT2D eigenvalue weighted by Gasteiger charge is -2.08. The molecule has 1 N–H and O–H groups in total. The molecule has 0 atom stereocenters. The zero-order chi connectivity index (χ0) is 15.1. The first-order valence-corrected chi connectivity index (χ1v) is 6.25. The number of hydrogen-bond donors (Lipinski definition) is 1. The number of rotatable bonds is 5. The Morgan fingerprint density at radius 3 is 2.57 bits per heavy atom. The highest BCUT2D eigenvalue weighted by Gasteiger charge is 2.12. The predicted molar refractivity (Wildman–Crippen MR) is 76.6 cm³/mol. The zero-order valence-electron chi connectivity index (χ0n) is 11.1. The Kier molecular flexibility index (Phi) is 4.93. The molecule has 0 radical (unpaired) electrons. The number of esters is 1. The van der Waals surface area contributed by atoms with Crippen LogP contribution in [0.2, 0.25) is 0 Å². The molecule has 106 valence electrons. The number of carbonyl (C=O) groups excluding carboxylic acids is 1. The Balaban J connectivity index is 2.17. The molecule has 0 fully saturated rings. The second-order valence-electron chi connectivity index (χ2n) is 4.24. The highest BCUT2D eigenvalue weighted by atomic mass is 16.5. The van der Waals surface area contributed by atoms with Crippen molar-refractivity contribution in [3.63, 3.8) is 0 Å². The number of aliphatic hydroxyl groups excluding tert-OH is 1. The van der Waals surface area contributed by atoms with Crippen molar-refractivity contribution in [1.29, 1.82) is 0 Å². The third kappa shape index (κ3) is 3.82. The second-order valence-corrected chi connectivity index (χ2v) is 4.24. The van der Waals surface area contributed by atoms with Crippen molar-refractivity contribution in [1.82, 2.24) is 0 Å². The van der Waals surface area contributed by atoms with E-state index in [0.717, 1.165) is 5.56 Å². The van der Waals surface area contributed by atoms with Crippen molar-refractivity contribution >= 4 is 5.97 Å². The van der Waals surface area contributed by atoms with Crippen LogP contribution in [-0.2, 0) is 13.2 Å². The average molecular weight is 283 g/mol. The first-order valence-electron chi connectivity index (χ1n) is 6.25. The highest BCUT2D eigenvalue weighted by Crippen LogP contribution is 2.17. The lowest BCUT2D eigenvalue weighted by molar-refractivity contribution is 0.0733. The van der Waals surface area contributed by atoms with Crippen molar-refractivity contribution in [2.24, 2.45) is 5.11 Å². The van der Waals surface area contributed by atoms with Crippen LogP contribution in [0.1, 0.15) is 21.5 Å².